The first-order valence-corrected chi connectivity index (χ1v) is 3.55. The van der Waals surface area contributed by atoms with Crippen molar-refractivity contribution < 1.29 is 0 Å². The average Bonchev–Trinajstić information content (AvgIpc) is 1.91. The molecule has 0 bridgehead atoms. The van der Waals surface area contributed by atoms with Gasteiger partial charge in [-0.2, -0.15) is 0 Å². The third kappa shape index (κ3) is 2.72. The lowest BCUT2D eigenvalue weighted by atomic mass is 10.7. The molecular formula is C5H11N3OS. The Hall–Kier alpha value is -0.710. The highest BCUT2D eigenvalue weighted by Crippen LogP contribution is 1.88. The van der Waals surface area contributed by atoms with Crippen LogP contribution in [0.4, 0.5) is 0 Å². The van der Waals surface area contributed by atoms with Crippen LogP contribution in [-0.2, 0) is 0 Å². The highest BCUT2D eigenvalue weighted by Gasteiger charge is 2.03. The van der Waals surface area contributed by atoms with E-state index in [-0.39, 0.29) is 0 Å². The van der Waals surface area contributed by atoms with Gasteiger partial charge in [0.1, 0.15) is 0 Å². The summed E-state index contributed by atoms with van der Waals surface area (Å²) in [6, 6.07) is 0. The molecule has 58 valence electrons. The van der Waals surface area contributed by atoms with Crippen LogP contribution in [0.5, 0.6) is 0 Å². The van der Waals surface area contributed by atoms with Crippen molar-refractivity contribution in [2.75, 3.05) is 13.1 Å². The lowest BCUT2D eigenvalue weighted by molar-refractivity contribution is 0.456. The highest BCUT2D eigenvalue weighted by molar-refractivity contribution is 7.80. The first-order valence-electron chi connectivity index (χ1n) is 3.14. The van der Waals surface area contributed by atoms with E-state index >= 15 is 0 Å². The topological polar surface area (TPSA) is 44.7 Å². The fourth-order valence-corrected chi connectivity index (χ4v) is 0.788. The highest BCUT2D eigenvalue weighted by atomic mass is 32.1. The Morgan fingerprint density at radius 2 is 2.30 bits per heavy atom. The van der Waals surface area contributed by atoms with E-state index in [0.717, 1.165) is 0 Å². The summed E-state index contributed by atoms with van der Waals surface area (Å²) >= 11 is 4.79. The molecule has 0 aromatic heterocycles. The number of hydrogen-bond acceptors (Lipinski definition) is 3. The molecule has 0 saturated heterocycles. The molecule has 4 nitrogen and oxygen atoms in total. The molecule has 0 fully saturated rings. The van der Waals surface area contributed by atoms with E-state index < -0.39 is 0 Å². The molecule has 1 N–H and O–H groups in total. The Labute approximate surface area is 65.5 Å². The van der Waals surface area contributed by atoms with Crippen LogP contribution in [0.2, 0.25) is 0 Å². The second-order valence-electron chi connectivity index (χ2n) is 1.63. The van der Waals surface area contributed by atoms with Crippen molar-refractivity contribution >= 4 is 17.3 Å². The molecule has 0 rings (SSSR count). The third-order valence-electron chi connectivity index (χ3n) is 0.961. The van der Waals surface area contributed by atoms with E-state index in [4.69, 9.17) is 12.2 Å². The van der Waals surface area contributed by atoms with E-state index in [2.05, 4.69) is 10.6 Å². The van der Waals surface area contributed by atoms with Gasteiger partial charge in [0.05, 0.1) is 5.29 Å². The molecular weight excluding hydrogens is 150 g/mol. The second-order valence-corrected chi connectivity index (χ2v) is 2.02. The fraction of sp³-hybridized carbons (Fsp3) is 0.800. The lowest BCUT2D eigenvalue weighted by Crippen LogP contribution is -2.35. The summed E-state index contributed by atoms with van der Waals surface area (Å²) in [5.74, 6) is 0. The normalized spacial score (nSPS) is 8.60. The van der Waals surface area contributed by atoms with Crippen molar-refractivity contribution in [1.29, 1.82) is 0 Å². The zero-order chi connectivity index (χ0) is 7.98. The molecule has 5 heteroatoms. The Morgan fingerprint density at radius 3 is 2.60 bits per heavy atom. The van der Waals surface area contributed by atoms with Crippen molar-refractivity contribution in [3.8, 4) is 0 Å². The standard InChI is InChI=1S/C5H11N3OS/c1-3-6-5(10)8(4-2)7-9/h3-4H2,1-2H3,(H,6,10). The van der Waals surface area contributed by atoms with Gasteiger partial charge >= 0.3 is 0 Å². The molecule has 0 spiro atoms. The summed E-state index contributed by atoms with van der Waals surface area (Å²) in [7, 11) is 0. The van der Waals surface area contributed by atoms with Gasteiger partial charge in [-0.15, -0.1) is 4.91 Å². The minimum Gasteiger partial charge on any atom is -0.361 e. The molecule has 0 aliphatic carbocycles. The molecule has 0 amide bonds. The van der Waals surface area contributed by atoms with Gasteiger partial charge in [0.25, 0.3) is 0 Å². The van der Waals surface area contributed by atoms with Crippen LogP contribution in [-0.4, -0.2) is 23.2 Å². The molecule has 0 unspecified atom stereocenters. The van der Waals surface area contributed by atoms with Gasteiger partial charge in [-0.3, -0.25) is 0 Å². The van der Waals surface area contributed by atoms with Crippen LogP contribution in [0, 0.1) is 4.91 Å². The summed E-state index contributed by atoms with van der Waals surface area (Å²) in [5.41, 5.74) is 0. The summed E-state index contributed by atoms with van der Waals surface area (Å²) < 4.78 is 0. The largest absolute Gasteiger partial charge is 0.361 e. The molecule has 10 heavy (non-hydrogen) atoms. The van der Waals surface area contributed by atoms with Crippen molar-refractivity contribution in [3.05, 3.63) is 4.91 Å². The lowest BCUT2D eigenvalue weighted by Gasteiger charge is -2.13. The average molecular weight is 161 g/mol. The van der Waals surface area contributed by atoms with Crippen LogP contribution in [0.15, 0.2) is 5.29 Å². The summed E-state index contributed by atoms with van der Waals surface area (Å²) in [5, 5.41) is 7.10. The Balaban J connectivity index is 3.76. The zero-order valence-corrected chi connectivity index (χ0v) is 6.94. The Morgan fingerprint density at radius 1 is 1.70 bits per heavy atom. The maximum absolute atomic E-state index is 10.0. The van der Waals surface area contributed by atoms with E-state index in [1.54, 1.807) is 0 Å². The predicted octanol–water partition coefficient (Wildman–Crippen LogP) is 0.884. The van der Waals surface area contributed by atoms with Gasteiger partial charge in [-0.05, 0) is 26.1 Å². The van der Waals surface area contributed by atoms with Gasteiger partial charge in [0.2, 0.25) is 0 Å². The van der Waals surface area contributed by atoms with Gasteiger partial charge < -0.3 is 5.32 Å². The second kappa shape index (κ2) is 5.10. The van der Waals surface area contributed by atoms with E-state index in [9.17, 15) is 4.91 Å². The summed E-state index contributed by atoms with van der Waals surface area (Å²) in [6.07, 6.45) is 0. The molecule has 0 aliphatic heterocycles. The minimum absolute atomic E-state index is 0.389. The van der Waals surface area contributed by atoms with Gasteiger partial charge in [-0.25, -0.2) is 5.01 Å². The predicted molar refractivity (Wildman–Crippen MR) is 44.4 cm³/mol. The van der Waals surface area contributed by atoms with Crippen molar-refractivity contribution in [1.82, 2.24) is 10.3 Å². The maximum Gasteiger partial charge on any atom is 0.192 e. The smallest absolute Gasteiger partial charge is 0.192 e. The SMILES string of the molecule is CCNC(=S)N(CC)N=O. The zero-order valence-electron chi connectivity index (χ0n) is 6.13. The van der Waals surface area contributed by atoms with Crippen molar-refractivity contribution in [3.63, 3.8) is 0 Å². The first-order chi connectivity index (χ1) is 4.76. The number of thiocarbonyl (C=S) groups is 1. The number of nitrogens with one attached hydrogen (secondary N) is 1. The summed E-state index contributed by atoms with van der Waals surface area (Å²) in [6.45, 7) is 4.94. The minimum atomic E-state index is 0.389. The Bertz CT molecular complexity index is 128. The van der Waals surface area contributed by atoms with Crippen molar-refractivity contribution in [2.24, 2.45) is 5.29 Å². The van der Waals surface area contributed by atoms with Crippen LogP contribution < -0.4 is 5.32 Å². The molecule has 0 aliphatic rings. The van der Waals surface area contributed by atoms with E-state index in [1.807, 2.05) is 13.8 Å². The molecule has 0 aromatic rings. The number of hydrogen-bond donors (Lipinski definition) is 1. The molecule has 0 heterocycles. The monoisotopic (exact) mass is 161 g/mol. The van der Waals surface area contributed by atoms with Gasteiger partial charge in [0, 0.05) is 13.1 Å². The Kier molecular flexibility index (Phi) is 4.74. The summed E-state index contributed by atoms with van der Waals surface area (Å²) in [4.78, 5) is 10.0. The first kappa shape index (κ1) is 9.29. The molecule has 0 radical (unpaired) electrons. The van der Waals surface area contributed by atoms with Gasteiger partial charge in [-0.1, -0.05) is 0 Å². The van der Waals surface area contributed by atoms with Crippen LogP contribution in [0.25, 0.3) is 0 Å². The number of nitroso groups, excluding NO2 is 1. The molecule has 0 aromatic carbocycles. The number of nitrogens with zero attached hydrogens (tertiary/aromatic N) is 2. The number of rotatable bonds is 3. The molecule has 0 atom stereocenters. The maximum atomic E-state index is 10.0. The van der Waals surface area contributed by atoms with Crippen LogP contribution in [0.3, 0.4) is 0 Å². The van der Waals surface area contributed by atoms with E-state index in [0.29, 0.717) is 18.2 Å². The van der Waals surface area contributed by atoms with Crippen LogP contribution >= 0.6 is 12.2 Å². The van der Waals surface area contributed by atoms with Crippen molar-refractivity contribution in [2.45, 2.75) is 13.8 Å². The quantitative estimate of drug-likeness (QED) is 0.379. The van der Waals surface area contributed by atoms with Crippen LogP contribution in [0.1, 0.15) is 13.8 Å². The van der Waals surface area contributed by atoms with Gasteiger partial charge in [0.15, 0.2) is 5.11 Å². The molecule has 0 saturated carbocycles. The van der Waals surface area contributed by atoms with E-state index in [1.165, 1.54) is 5.01 Å². The third-order valence-corrected chi connectivity index (χ3v) is 1.32. The fourth-order valence-electron chi connectivity index (χ4n) is 0.481.